The molecule has 1 aromatic rings. The molecular weight excluding hydrogens is 360 g/mol. The molecule has 1 saturated heterocycles. The monoisotopic (exact) mass is 400 g/mol. The largest absolute Gasteiger partial charge is 0.341 e. The highest BCUT2D eigenvalue weighted by Crippen LogP contribution is 2.29. The second-order valence-electron chi connectivity index (χ2n) is 9.94. The van der Waals surface area contributed by atoms with Crippen LogP contribution in [0.3, 0.4) is 0 Å². The van der Waals surface area contributed by atoms with Crippen molar-refractivity contribution in [1.82, 2.24) is 14.7 Å². The number of hydrogen-bond donors (Lipinski definition) is 1. The first-order chi connectivity index (χ1) is 13.7. The average molecular weight is 401 g/mol. The van der Waals surface area contributed by atoms with Gasteiger partial charge in [-0.1, -0.05) is 24.3 Å². The number of carbonyl (C=O) groups excluding carboxylic acids is 1. The predicted octanol–water partition coefficient (Wildman–Crippen LogP) is 2.38. The summed E-state index contributed by atoms with van der Waals surface area (Å²) in [4.78, 5) is 19.8. The van der Waals surface area contributed by atoms with Crippen LogP contribution in [0.15, 0.2) is 24.3 Å². The minimum atomic E-state index is -0.797. The molecule has 0 radical (unpaired) electrons. The maximum Gasteiger partial charge on any atom is 0.242 e. The number of nitrogens with zero attached hydrogens (tertiary/aromatic N) is 3. The molecule has 29 heavy (non-hydrogen) atoms. The van der Waals surface area contributed by atoms with Gasteiger partial charge in [0.15, 0.2) is 0 Å². The van der Waals surface area contributed by atoms with E-state index in [9.17, 15) is 4.79 Å². The van der Waals surface area contributed by atoms with Crippen LogP contribution in [0, 0.1) is 5.92 Å². The second-order valence-corrected chi connectivity index (χ2v) is 9.94. The first-order valence-corrected chi connectivity index (χ1v) is 11.3. The van der Waals surface area contributed by atoms with Crippen LogP contribution in [-0.2, 0) is 17.6 Å². The topological polar surface area (TPSA) is 52.8 Å². The number of benzene rings is 1. The van der Waals surface area contributed by atoms with Crippen molar-refractivity contribution in [3.05, 3.63) is 35.4 Å². The number of fused-ring (bicyclic) bond motifs is 1. The van der Waals surface area contributed by atoms with E-state index in [0.29, 0.717) is 12.0 Å². The van der Waals surface area contributed by atoms with Gasteiger partial charge in [0.05, 0.1) is 5.54 Å². The number of carbonyl (C=O) groups is 1. The third-order valence-corrected chi connectivity index (χ3v) is 6.55. The molecule has 1 amide bonds. The van der Waals surface area contributed by atoms with Gasteiger partial charge in [0.2, 0.25) is 5.91 Å². The Balaban J connectivity index is 1.51. The summed E-state index contributed by atoms with van der Waals surface area (Å²) in [6.07, 6.45) is 5.73. The first-order valence-electron chi connectivity index (χ1n) is 11.3. The van der Waals surface area contributed by atoms with Gasteiger partial charge >= 0.3 is 0 Å². The van der Waals surface area contributed by atoms with Crippen molar-refractivity contribution in [3.63, 3.8) is 0 Å². The van der Waals surface area contributed by atoms with Crippen LogP contribution in [0.1, 0.15) is 44.2 Å². The Morgan fingerprint density at radius 1 is 1.10 bits per heavy atom. The van der Waals surface area contributed by atoms with Crippen LogP contribution in [0.25, 0.3) is 0 Å². The van der Waals surface area contributed by atoms with E-state index in [1.807, 2.05) is 18.7 Å². The van der Waals surface area contributed by atoms with E-state index in [2.05, 4.69) is 48.2 Å². The van der Waals surface area contributed by atoms with E-state index in [1.54, 1.807) is 0 Å². The molecule has 162 valence electrons. The van der Waals surface area contributed by atoms with Gasteiger partial charge in [-0.3, -0.25) is 9.69 Å². The fourth-order valence-electron chi connectivity index (χ4n) is 4.87. The molecule has 1 aromatic carbocycles. The second kappa shape index (κ2) is 9.59. The van der Waals surface area contributed by atoms with Gasteiger partial charge in [0, 0.05) is 19.1 Å². The average Bonchev–Trinajstić information content (AvgIpc) is 3.10. The molecule has 0 atom stereocenters. The smallest absolute Gasteiger partial charge is 0.242 e. The van der Waals surface area contributed by atoms with Gasteiger partial charge in [0.1, 0.15) is 0 Å². The zero-order chi connectivity index (χ0) is 21.0. The Kier molecular flexibility index (Phi) is 7.36. The molecule has 5 heteroatoms. The number of amides is 1. The Morgan fingerprint density at radius 3 is 2.21 bits per heavy atom. The molecule has 1 aliphatic carbocycles. The van der Waals surface area contributed by atoms with Crippen molar-refractivity contribution in [2.45, 2.75) is 57.5 Å². The minimum Gasteiger partial charge on any atom is -0.341 e. The molecule has 1 heterocycles. The quantitative estimate of drug-likeness (QED) is 0.728. The van der Waals surface area contributed by atoms with Gasteiger partial charge in [-0.25, -0.2) is 0 Å². The summed E-state index contributed by atoms with van der Waals surface area (Å²) in [5.41, 5.74) is 8.42. The summed E-state index contributed by atoms with van der Waals surface area (Å²) in [5.74, 6) is 0.672. The zero-order valence-corrected chi connectivity index (χ0v) is 18.9. The van der Waals surface area contributed by atoms with Crippen LogP contribution < -0.4 is 5.73 Å². The van der Waals surface area contributed by atoms with Crippen LogP contribution in [0.2, 0.25) is 0 Å². The number of likely N-dealkylation sites (tertiary alicyclic amines) is 1. The first kappa shape index (κ1) is 22.3. The highest BCUT2D eigenvalue weighted by atomic mass is 16.2. The molecule has 0 aromatic heterocycles. The molecule has 2 aliphatic rings. The molecule has 0 unspecified atom stereocenters. The molecular formula is C24H40N4O. The maximum absolute atomic E-state index is 12.9. The molecule has 0 spiro atoms. The Bertz CT molecular complexity index is 649. The third-order valence-electron chi connectivity index (χ3n) is 6.55. The van der Waals surface area contributed by atoms with E-state index in [1.165, 1.54) is 36.8 Å². The fraction of sp³-hybridized carbons (Fsp3) is 0.708. The van der Waals surface area contributed by atoms with Gasteiger partial charge in [0.25, 0.3) is 0 Å². The molecule has 0 saturated carbocycles. The number of hydrogen-bond acceptors (Lipinski definition) is 4. The van der Waals surface area contributed by atoms with Crippen molar-refractivity contribution < 1.29 is 4.79 Å². The van der Waals surface area contributed by atoms with Crippen LogP contribution >= 0.6 is 0 Å². The van der Waals surface area contributed by atoms with Gasteiger partial charge < -0.3 is 15.5 Å². The summed E-state index contributed by atoms with van der Waals surface area (Å²) in [6, 6.07) is 9.55. The lowest BCUT2D eigenvalue weighted by molar-refractivity contribution is -0.136. The van der Waals surface area contributed by atoms with Crippen molar-refractivity contribution in [3.8, 4) is 0 Å². The highest BCUT2D eigenvalue weighted by Gasteiger charge is 2.33. The molecule has 1 fully saturated rings. The molecule has 3 rings (SSSR count). The lowest BCUT2D eigenvalue weighted by Crippen LogP contribution is -2.53. The Labute approximate surface area is 177 Å². The van der Waals surface area contributed by atoms with Crippen molar-refractivity contribution in [1.29, 1.82) is 0 Å². The SMILES string of the molecule is CN(C)CCCN(CC1CCN(C2Cc3ccccc3C2)CC1)C(=O)C(C)(C)N. The summed E-state index contributed by atoms with van der Waals surface area (Å²) in [7, 11) is 4.16. The zero-order valence-electron chi connectivity index (χ0n) is 18.9. The summed E-state index contributed by atoms with van der Waals surface area (Å²) in [6.45, 7) is 8.60. The van der Waals surface area contributed by atoms with E-state index < -0.39 is 5.54 Å². The fourth-order valence-corrected chi connectivity index (χ4v) is 4.87. The minimum absolute atomic E-state index is 0.0879. The van der Waals surface area contributed by atoms with Gasteiger partial charge in [-0.2, -0.15) is 0 Å². The van der Waals surface area contributed by atoms with Crippen molar-refractivity contribution in [2.24, 2.45) is 11.7 Å². The number of nitrogens with two attached hydrogens (primary N) is 1. The van der Waals surface area contributed by atoms with E-state index in [0.717, 1.165) is 39.1 Å². The highest BCUT2D eigenvalue weighted by molar-refractivity contribution is 5.85. The maximum atomic E-state index is 12.9. The van der Waals surface area contributed by atoms with E-state index in [-0.39, 0.29) is 5.91 Å². The van der Waals surface area contributed by atoms with Crippen LogP contribution in [0.4, 0.5) is 0 Å². The number of piperidine rings is 1. The normalized spacial score (nSPS) is 19.0. The van der Waals surface area contributed by atoms with E-state index >= 15 is 0 Å². The van der Waals surface area contributed by atoms with Gasteiger partial charge in [-0.15, -0.1) is 0 Å². The summed E-state index contributed by atoms with van der Waals surface area (Å²) >= 11 is 0. The molecule has 5 nitrogen and oxygen atoms in total. The van der Waals surface area contributed by atoms with E-state index in [4.69, 9.17) is 5.73 Å². The Hall–Kier alpha value is -1.43. The summed E-state index contributed by atoms with van der Waals surface area (Å²) < 4.78 is 0. The molecule has 0 bridgehead atoms. The van der Waals surface area contributed by atoms with Gasteiger partial charge in [-0.05, 0) is 96.7 Å². The number of rotatable bonds is 8. The van der Waals surface area contributed by atoms with Crippen molar-refractivity contribution in [2.75, 3.05) is 46.8 Å². The Morgan fingerprint density at radius 2 is 1.69 bits per heavy atom. The van der Waals surface area contributed by atoms with Crippen LogP contribution in [-0.4, -0.2) is 79.0 Å². The molecule has 2 N–H and O–H groups in total. The van der Waals surface area contributed by atoms with Crippen molar-refractivity contribution >= 4 is 5.91 Å². The standard InChI is InChI=1S/C24H40N4O/c1-24(2,25)23(29)28(13-7-12-26(3)4)18-19-10-14-27(15-11-19)22-16-20-8-5-6-9-21(20)17-22/h5-6,8-9,19,22H,7,10-18,25H2,1-4H3. The third kappa shape index (κ3) is 6.03. The lowest BCUT2D eigenvalue weighted by atomic mass is 9.93. The lowest BCUT2D eigenvalue weighted by Gasteiger charge is -2.39. The summed E-state index contributed by atoms with van der Waals surface area (Å²) in [5, 5.41) is 0. The molecule has 1 aliphatic heterocycles. The van der Waals surface area contributed by atoms with Crippen LogP contribution in [0.5, 0.6) is 0 Å². The predicted molar refractivity (Wildman–Crippen MR) is 120 cm³/mol.